The van der Waals surface area contributed by atoms with E-state index in [0.717, 1.165) is 12.1 Å². The highest BCUT2D eigenvalue weighted by Gasteiger charge is 2.22. The summed E-state index contributed by atoms with van der Waals surface area (Å²) in [7, 11) is 0. The summed E-state index contributed by atoms with van der Waals surface area (Å²) >= 11 is 5.40. The molecule has 0 saturated carbocycles. The van der Waals surface area contributed by atoms with Gasteiger partial charge in [0.25, 0.3) is 5.69 Å². The summed E-state index contributed by atoms with van der Waals surface area (Å²) in [6.45, 7) is 0. The Kier molecular flexibility index (Phi) is 4.96. The van der Waals surface area contributed by atoms with E-state index in [4.69, 9.17) is 11.6 Å². The third-order valence-electron chi connectivity index (χ3n) is 1.91. The molecule has 0 heterocycles. The molecule has 1 aromatic rings. The highest BCUT2D eigenvalue weighted by Crippen LogP contribution is 2.19. The topological polar surface area (TPSA) is 69.4 Å². The van der Waals surface area contributed by atoms with E-state index in [2.05, 4.69) is 4.74 Å². The third-order valence-corrected chi connectivity index (χ3v) is 2.26. The van der Waals surface area contributed by atoms with Crippen molar-refractivity contribution in [2.24, 2.45) is 0 Å². The number of benzene rings is 1. The first-order valence-electron chi connectivity index (χ1n) is 4.78. The molecule has 0 N–H and O–H groups in total. The second kappa shape index (κ2) is 6.25. The van der Waals surface area contributed by atoms with Crippen LogP contribution in [0.5, 0.6) is 5.75 Å². The Morgan fingerprint density at radius 3 is 2.39 bits per heavy atom. The number of hydrogen-bond acceptors (Lipinski definition) is 4. The fourth-order valence-corrected chi connectivity index (χ4v) is 1.25. The van der Waals surface area contributed by atoms with Crippen molar-refractivity contribution >= 4 is 23.3 Å². The Morgan fingerprint density at radius 1 is 1.39 bits per heavy atom. The molecule has 98 valence electrons. The number of alkyl halides is 3. The van der Waals surface area contributed by atoms with Crippen molar-refractivity contribution in [2.75, 3.05) is 0 Å². The monoisotopic (exact) mass is 279 g/mol. The lowest BCUT2D eigenvalue weighted by Crippen LogP contribution is -2.23. The van der Waals surface area contributed by atoms with E-state index in [9.17, 15) is 23.7 Å². The lowest BCUT2D eigenvalue weighted by atomic mass is 10.3. The minimum Gasteiger partial charge on any atom is -0.425 e. The van der Waals surface area contributed by atoms with Crippen LogP contribution in [0.4, 0.5) is 14.5 Å². The molecule has 18 heavy (non-hydrogen) atoms. The summed E-state index contributed by atoms with van der Waals surface area (Å²) in [5.74, 6) is -1.02. The van der Waals surface area contributed by atoms with Crippen molar-refractivity contribution < 1.29 is 23.2 Å². The van der Waals surface area contributed by atoms with E-state index < -0.39 is 29.1 Å². The van der Waals surface area contributed by atoms with Crippen LogP contribution < -0.4 is 4.74 Å². The minimum atomic E-state index is -2.71. The molecule has 1 atom stereocenters. The molecule has 0 aliphatic heterocycles. The maximum atomic E-state index is 12.0. The van der Waals surface area contributed by atoms with Gasteiger partial charge in [-0.15, -0.1) is 11.6 Å². The fraction of sp³-hybridized carbons (Fsp3) is 0.300. The largest absolute Gasteiger partial charge is 0.425 e. The van der Waals surface area contributed by atoms with Gasteiger partial charge in [-0.25, -0.2) is 8.78 Å². The normalized spacial score (nSPS) is 12.2. The number of nitro benzene ring substituents is 1. The van der Waals surface area contributed by atoms with Crippen molar-refractivity contribution in [3.05, 3.63) is 34.4 Å². The third kappa shape index (κ3) is 4.25. The highest BCUT2D eigenvalue weighted by molar-refractivity contribution is 6.30. The van der Waals surface area contributed by atoms with Crippen LogP contribution in [0.15, 0.2) is 24.3 Å². The Morgan fingerprint density at radius 2 is 1.94 bits per heavy atom. The predicted molar refractivity (Wildman–Crippen MR) is 59.0 cm³/mol. The van der Waals surface area contributed by atoms with Gasteiger partial charge in [-0.2, -0.15) is 0 Å². The molecule has 0 bridgehead atoms. The summed E-state index contributed by atoms with van der Waals surface area (Å²) in [4.78, 5) is 21.0. The van der Waals surface area contributed by atoms with Crippen LogP contribution in [0.25, 0.3) is 0 Å². The van der Waals surface area contributed by atoms with E-state index in [1.165, 1.54) is 12.1 Å². The highest BCUT2D eigenvalue weighted by atomic mass is 35.5. The molecule has 0 aliphatic carbocycles. The first-order chi connectivity index (χ1) is 8.40. The van der Waals surface area contributed by atoms with Crippen LogP contribution in [0.1, 0.15) is 6.42 Å². The molecule has 1 aromatic carbocycles. The Bertz CT molecular complexity index is 438. The van der Waals surface area contributed by atoms with Gasteiger partial charge in [0.1, 0.15) is 11.1 Å². The van der Waals surface area contributed by atoms with Crippen molar-refractivity contribution in [3.8, 4) is 5.75 Å². The van der Waals surface area contributed by atoms with Gasteiger partial charge in [-0.05, 0) is 12.1 Å². The van der Waals surface area contributed by atoms with E-state index in [1.54, 1.807) is 0 Å². The van der Waals surface area contributed by atoms with Crippen LogP contribution in [-0.2, 0) is 4.79 Å². The van der Waals surface area contributed by atoms with Gasteiger partial charge in [0, 0.05) is 18.6 Å². The molecular weight excluding hydrogens is 272 g/mol. The zero-order valence-corrected chi connectivity index (χ0v) is 9.64. The number of ether oxygens (including phenoxy) is 1. The van der Waals surface area contributed by atoms with Gasteiger partial charge >= 0.3 is 5.97 Å². The summed E-state index contributed by atoms with van der Waals surface area (Å²) in [5.41, 5.74) is -0.176. The average Bonchev–Trinajstić information content (AvgIpc) is 2.28. The van der Waals surface area contributed by atoms with Crippen molar-refractivity contribution in [1.82, 2.24) is 0 Å². The maximum Gasteiger partial charge on any atom is 0.329 e. The summed E-state index contributed by atoms with van der Waals surface area (Å²) < 4.78 is 28.6. The molecule has 1 rings (SSSR count). The smallest absolute Gasteiger partial charge is 0.329 e. The van der Waals surface area contributed by atoms with Gasteiger partial charge in [-0.3, -0.25) is 14.9 Å². The van der Waals surface area contributed by atoms with Crippen LogP contribution in [0.2, 0.25) is 0 Å². The first-order valence-corrected chi connectivity index (χ1v) is 5.22. The van der Waals surface area contributed by atoms with Gasteiger partial charge < -0.3 is 4.74 Å². The molecule has 0 radical (unpaired) electrons. The van der Waals surface area contributed by atoms with Gasteiger partial charge in [0.15, 0.2) is 0 Å². The molecule has 0 fully saturated rings. The van der Waals surface area contributed by atoms with Gasteiger partial charge in [0.2, 0.25) is 6.43 Å². The van der Waals surface area contributed by atoms with Crippen LogP contribution in [0.3, 0.4) is 0 Å². The number of rotatable bonds is 5. The standard InChI is InChI=1S/C10H8ClF2NO4/c11-8(5-9(12)13)10(15)18-7-3-1-6(2-4-7)14(16)17/h1-4,8-9H,5H2. The summed E-state index contributed by atoms with van der Waals surface area (Å²) in [5, 5.41) is 8.90. The van der Waals surface area contributed by atoms with E-state index in [-0.39, 0.29) is 11.4 Å². The van der Waals surface area contributed by atoms with Gasteiger partial charge in [0.05, 0.1) is 4.92 Å². The second-order valence-corrected chi connectivity index (χ2v) is 3.79. The number of nitro groups is 1. The number of nitrogens with zero attached hydrogens (tertiary/aromatic N) is 1. The van der Waals surface area contributed by atoms with E-state index >= 15 is 0 Å². The number of non-ortho nitro benzene ring substituents is 1. The van der Waals surface area contributed by atoms with Crippen LogP contribution in [0, 0.1) is 10.1 Å². The summed E-state index contributed by atoms with van der Waals surface area (Å²) in [6, 6.07) is 4.61. The number of halogens is 3. The molecule has 5 nitrogen and oxygen atoms in total. The zero-order valence-electron chi connectivity index (χ0n) is 8.89. The molecule has 0 amide bonds. The maximum absolute atomic E-state index is 12.0. The van der Waals surface area contributed by atoms with Gasteiger partial charge in [-0.1, -0.05) is 0 Å². The molecular formula is C10H8ClF2NO4. The lowest BCUT2D eigenvalue weighted by Gasteiger charge is -2.08. The van der Waals surface area contributed by atoms with Crippen LogP contribution >= 0.6 is 11.6 Å². The molecule has 1 unspecified atom stereocenters. The molecule has 0 spiro atoms. The van der Waals surface area contributed by atoms with Crippen molar-refractivity contribution in [1.29, 1.82) is 0 Å². The lowest BCUT2D eigenvalue weighted by molar-refractivity contribution is -0.384. The van der Waals surface area contributed by atoms with E-state index in [1.807, 2.05) is 0 Å². The Labute approximate surface area is 105 Å². The Balaban J connectivity index is 2.62. The molecule has 0 aromatic heterocycles. The molecule has 0 aliphatic rings. The second-order valence-electron chi connectivity index (χ2n) is 3.27. The minimum absolute atomic E-state index is 0.00511. The average molecular weight is 280 g/mol. The number of esters is 1. The quantitative estimate of drug-likeness (QED) is 0.273. The summed E-state index contributed by atoms with van der Waals surface area (Å²) in [6.07, 6.45) is -3.52. The number of carbonyl (C=O) groups excluding carboxylic acids is 1. The molecule has 0 saturated heterocycles. The molecule has 8 heteroatoms. The van der Waals surface area contributed by atoms with Crippen molar-refractivity contribution in [3.63, 3.8) is 0 Å². The SMILES string of the molecule is O=C(Oc1ccc([N+](=O)[O-])cc1)C(Cl)CC(F)F. The van der Waals surface area contributed by atoms with Crippen molar-refractivity contribution in [2.45, 2.75) is 18.2 Å². The van der Waals surface area contributed by atoms with E-state index in [0.29, 0.717) is 0 Å². The number of hydrogen-bond donors (Lipinski definition) is 0. The first kappa shape index (κ1) is 14.3. The Hall–Kier alpha value is -1.76. The predicted octanol–water partition coefficient (Wildman–Crippen LogP) is 2.76. The zero-order chi connectivity index (χ0) is 13.7. The fourth-order valence-electron chi connectivity index (χ4n) is 1.07. The van der Waals surface area contributed by atoms with Crippen LogP contribution in [-0.4, -0.2) is 22.7 Å². The number of carbonyl (C=O) groups is 1.